The molecule has 0 fully saturated rings. The molecule has 1 aromatic rings. The minimum Gasteiger partial charge on any atom is -0.487 e. The maximum absolute atomic E-state index is 9.42. The molecule has 0 aliphatic heterocycles. The fourth-order valence-corrected chi connectivity index (χ4v) is 2.38. The summed E-state index contributed by atoms with van der Waals surface area (Å²) in [5, 5.41) is 13.8. The molecule has 1 heterocycles. The molecular weight excluding hydrogens is 222 g/mol. The van der Waals surface area contributed by atoms with E-state index in [4.69, 9.17) is 4.74 Å². The van der Waals surface area contributed by atoms with Gasteiger partial charge >= 0.3 is 0 Å². The Balaban J connectivity index is 2.55. The van der Waals surface area contributed by atoms with E-state index in [1.54, 1.807) is 18.4 Å². The summed E-state index contributed by atoms with van der Waals surface area (Å²) in [5.41, 5.74) is -0.142. The second-order valence-electron chi connectivity index (χ2n) is 3.92. The van der Waals surface area contributed by atoms with Crippen molar-refractivity contribution in [2.45, 2.75) is 38.8 Å². The predicted molar refractivity (Wildman–Crippen MR) is 68.1 cm³/mol. The Kier molecular flexibility index (Phi) is 5.25. The lowest BCUT2D eigenvalue weighted by atomic mass is 9.94. The van der Waals surface area contributed by atoms with E-state index in [9.17, 15) is 5.11 Å². The third-order valence-corrected chi connectivity index (χ3v) is 4.18. The molecule has 2 N–H and O–H groups in total. The predicted octanol–water partition coefficient (Wildman–Crippen LogP) is 2.40. The van der Waals surface area contributed by atoms with Crippen LogP contribution in [0.3, 0.4) is 0 Å². The van der Waals surface area contributed by atoms with Crippen LogP contribution >= 0.6 is 11.3 Å². The Bertz CT molecular complexity index is 299. The van der Waals surface area contributed by atoms with Gasteiger partial charge in [0.1, 0.15) is 0 Å². The van der Waals surface area contributed by atoms with Gasteiger partial charge in [0, 0.05) is 17.0 Å². The minimum atomic E-state index is -0.142. The molecule has 1 rings (SSSR count). The van der Waals surface area contributed by atoms with E-state index in [1.807, 2.05) is 6.07 Å². The first-order valence-corrected chi connectivity index (χ1v) is 6.50. The second-order valence-corrected chi connectivity index (χ2v) is 5.05. The summed E-state index contributed by atoms with van der Waals surface area (Å²) in [7, 11) is 1.68. The van der Waals surface area contributed by atoms with Crippen LogP contribution in [0.2, 0.25) is 0 Å². The summed E-state index contributed by atoms with van der Waals surface area (Å²) in [5.74, 6) is 0. The van der Waals surface area contributed by atoms with Crippen LogP contribution in [0.5, 0.6) is 5.06 Å². The molecule has 0 atom stereocenters. The Morgan fingerprint density at radius 2 is 2.06 bits per heavy atom. The molecule has 0 radical (unpaired) electrons. The zero-order chi connectivity index (χ0) is 12.0. The molecule has 92 valence electrons. The standard InChI is InChI=1S/C12H21NO2S/c1-4-12(5-2,9-14)13-8-10-6-7-11(15-3)16-10/h6-7,13-14H,4-5,8-9H2,1-3H3. The first-order chi connectivity index (χ1) is 7.69. The number of methoxy groups -OCH3 is 1. The van der Waals surface area contributed by atoms with Gasteiger partial charge in [0.2, 0.25) is 0 Å². The van der Waals surface area contributed by atoms with Crippen LogP contribution in [0, 0.1) is 0 Å². The molecule has 0 aromatic carbocycles. The van der Waals surface area contributed by atoms with Gasteiger partial charge in [-0.25, -0.2) is 0 Å². The molecule has 16 heavy (non-hydrogen) atoms. The van der Waals surface area contributed by atoms with Crippen LogP contribution in [0.25, 0.3) is 0 Å². The van der Waals surface area contributed by atoms with Crippen molar-refractivity contribution >= 4 is 11.3 Å². The van der Waals surface area contributed by atoms with E-state index in [-0.39, 0.29) is 12.1 Å². The molecule has 0 amide bonds. The molecule has 0 unspecified atom stereocenters. The molecule has 1 aromatic heterocycles. The highest BCUT2D eigenvalue weighted by atomic mass is 32.1. The molecule has 0 aliphatic carbocycles. The van der Waals surface area contributed by atoms with Gasteiger partial charge in [-0.1, -0.05) is 13.8 Å². The van der Waals surface area contributed by atoms with Crippen LogP contribution < -0.4 is 10.1 Å². The molecule has 0 spiro atoms. The smallest absolute Gasteiger partial charge is 0.173 e. The summed E-state index contributed by atoms with van der Waals surface area (Å²) in [4.78, 5) is 1.23. The molecule has 4 heteroatoms. The number of ether oxygens (including phenoxy) is 1. The van der Waals surface area contributed by atoms with Crippen molar-refractivity contribution in [1.29, 1.82) is 0 Å². The van der Waals surface area contributed by atoms with E-state index in [1.165, 1.54) is 4.88 Å². The number of rotatable bonds is 7. The average Bonchev–Trinajstić information content (AvgIpc) is 2.80. The van der Waals surface area contributed by atoms with Crippen molar-refractivity contribution in [3.63, 3.8) is 0 Å². The first kappa shape index (κ1) is 13.5. The van der Waals surface area contributed by atoms with E-state index in [0.717, 1.165) is 24.4 Å². The van der Waals surface area contributed by atoms with Crippen molar-refractivity contribution in [1.82, 2.24) is 5.32 Å². The molecule has 3 nitrogen and oxygen atoms in total. The van der Waals surface area contributed by atoms with E-state index in [2.05, 4.69) is 25.2 Å². The SMILES string of the molecule is CCC(CC)(CO)NCc1ccc(OC)s1. The Hall–Kier alpha value is -0.580. The summed E-state index contributed by atoms with van der Waals surface area (Å²) in [6.45, 7) is 5.17. The summed E-state index contributed by atoms with van der Waals surface area (Å²) in [6.07, 6.45) is 1.87. The number of hydrogen-bond donors (Lipinski definition) is 2. The average molecular weight is 243 g/mol. The van der Waals surface area contributed by atoms with Crippen LogP contribution in [-0.4, -0.2) is 24.4 Å². The second kappa shape index (κ2) is 6.23. The normalized spacial score (nSPS) is 11.8. The van der Waals surface area contributed by atoms with Crippen molar-refractivity contribution in [2.75, 3.05) is 13.7 Å². The van der Waals surface area contributed by atoms with Crippen LogP contribution in [0.15, 0.2) is 12.1 Å². The van der Waals surface area contributed by atoms with Gasteiger partial charge in [0.05, 0.1) is 13.7 Å². The highest BCUT2D eigenvalue weighted by molar-refractivity contribution is 7.13. The van der Waals surface area contributed by atoms with E-state index < -0.39 is 0 Å². The van der Waals surface area contributed by atoms with Gasteiger partial charge in [-0.15, -0.1) is 11.3 Å². The highest BCUT2D eigenvalue weighted by Gasteiger charge is 2.24. The maximum Gasteiger partial charge on any atom is 0.173 e. The van der Waals surface area contributed by atoms with Crippen molar-refractivity contribution in [3.05, 3.63) is 17.0 Å². The summed E-state index contributed by atoms with van der Waals surface area (Å²) < 4.78 is 5.15. The number of thiophene rings is 1. The van der Waals surface area contributed by atoms with Gasteiger partial charge in [0.15, 0.2) is 5.06 Å². The fourth-order valence-electron chi connectivity index (χ4n) is 1.62. The topological polar surface area (TPSA) is 41.5 Å². The summed E-state index contributed by atoms with van der Waals surface area (Å²) >= 11 is 1.64. The Morgan fingerprint density at radius 1 is 1.38 bits per heavy atom. The maximum atomic E-state index is 9.42. The van der Waals surface area contributed by atoms with Crippen molar-refractivity contribution < 1.29 is 9.84 Å². The lowest BCUT2D eigenvalue weighted by molar-refractivity contribution is 0.150. The third-order valence-electron chi connectivity index (χ3n) is 3.13. The van der Waals surface area contributed by atoms with Gasteiger partial charge < -0.3 is 15.2 Å². The number of hydrogen-bond acceptors (Lipinski definition) is 4. The molecule has 0 saturated heterocycles. The zero-order valence-electron chi connectivity index (χ0n) is 10.2. The Morgan fingerprint density at radius 3 is 2.50 bits per heavy atom. The minimum absolute atomic E-state index is 0.142. The van der Waals surface area contributed by atoms with Crippen molar-refractivity contribution in [2.24, 2.45) is 0 Å². The monoisotopic (exact) mass is 243 g/mol. The van der Waals surface area contributed by atoms with Crippen molar-refractivity contribution in [3.8, 4) is 5.06 Å². The quantitative estimate of drug-likeness (QED) is 0.772. The number of aliphatic hydroxyl groups excluding tert-OH is 1. The van der Waals surface area contributed by atoms with E-state index >= 15 is 0 Å². The van der Waals surface area contributed by atoms with Gasteiger partial charge in [-0.2, -0.15) is 0 Å². The van der Waals surface area contributed by atoms with Gasteiger partial charge in [-0.3, -0.25) is 0 Å². The molecule has 0 aliphatic rings. The molecule has 0 bridgehead atoms. The van der Waals surface area contributed by atoms with E-state index in [0.29, 0.717) is 0 Å². The highest BCUT2D eigenvalue weighted by Crippen LogP contribution is 2.24. The largest absolute Gasteiger partial charge is 0.487 e. The lowest BCUT2D eigenvalue weighted by Crippen LogP contribution is -2.46. The van der Waals surface area contributed by atoms with Gasteiger partial charge in [0.25, 0.3) is 0 Å². The van der Waals surface area contributed by atoms with Crippen LogP contribution in [0.4, 0.5) is 0 Å². The molecular formula is C12H21NO2S. The molecule has 0 saturated carbocycles. The Labute approximate surface area is 101 Å². The first-order valence-electron chi connectivity index (χ1n) is 5.68. The number of nitrogens with one attached hydrogen (secondary N) is 1. The number of aliphatic hydroxyl groups is 1. The van der Waals surface area contributed by atoms with Crippen LogP contribution in [-0.2, 0) is 6.54 Å². The third kappa shape index (κ3) is 3.20. The lowest BCUT2D eigenvalue weighted by Gasteiger charge is -2.30. The summed E-state index contributed by atoms with van der Waals surface area (Å²) in [6, 6.07) is 4.03. The van der Waals surface area contributed by atoms with Gasteiger partial charge in [-0.05, 0) is 25.0 Å². The fraction of sp³-hybridized carbons (Fsp3) is 0.667. The zero-order valence-corrected chi connectivity index (χ0v) is 11.1. The van der Waals surface area contributed by atoms with Crippen LogP contribution in [0.1, 0.15) is 31.6 Å².